The summed E-state index contributed by atoms with van der Waals surface area (Å²) in [6.45, 7) is 4.51. The van der Waals surface area contributed by atoms with Crippen LogP contribution in [0.1, 0.15) is 52.4 Å². The quantitative estimate of drug-likeness (QED) is 0.432. The Bertz CT molecular complexity index is 321. The van der Waals surface area contributed by atoms with Gasteiger partial charge in [-0.3, -0.25) is 16.0 Å². The monoisotopic (exact) mass is 393 g/mol. The zero-order valence-electron chi connectivity index (χ0n) is 12.5. The Morgan fingerprint density at radius 2 is 1.95 bits per heavy atom. The van der Waals surface area contributed by atoms with Gasteiger partial charge in [-0.2, -0.15) is 5.01 Å². The largest absolute Gasteiger partial charge is 0.298 e. The smallest absolute Gasteiger partial charge is 0.130 e. The number of hydrogen-bond acceptors (Lipinski definition) is 5. The molecule has 1 aliphatic carbocycles. The SMILES string of the molecule is CCC1NC2NC(C)CC(NC3CCC(I)CC3)N2N1. The Kier molecular flexibility index (Phi) is 5.20. The summed E-state index contributed by atoms with van der Waals surface area (Å²) in [5, 5.41) is 13.5. The van der Waals surface area contributed by atoms with Gasteiger partial charge in [-0.25, -0.2) is 5.43 Å². The van der Waals surface area contributed by atoms with E-state index >= 15 is 0 Å². The van der Waals surface area contributed by atoms with Gasteiger partial charge in [0.15, 0.2) is 0 Å². The molecule has 0 spiro atoms. The second kappa shape index (κ2) is 6.75. The molecule has 4 N–H and O–H groups in total. The van der Waals surface area contributed by atoms with Crippen molar-refractivity contribution in [3.63, 3.8) is 0 Å². The van der Waals surface area contributed by atoms with E-state index in [4.69, 9.17) is 0 Å². The molecule has 0 aromatic rings. The van der Waals surface area contributed by atoms with Crippen molar-refractivity contribution in [1.82, 2.24) is 26.4 Å². The molecule has 0 amide bonds. The molecule has 0 aromatic carbocycles. The number of halogens is 1. The average Bonchev–Trinajstić information content (AvgIpc) is 2.84. The number of nitrogens with zero attached hydrogens (tertiary/aromatic N) is 1. The predicted molar refractivity (Wildman–Crippen MR) is 90.2 cm³/mol. The molecular formula is C14H28IN5. The Morgan fingerprint density at radius 1 is 1.20 bits per heavy atom. The van der Waals surface area contributed by atoms with Gasteiger partial charge < -0.3 is 0 Å². The van der Waals surface area contributed by atoms with Gasteiger partial charge in [0, 0.05) is 16.0 Å². The highest BCUT2D eigenvalue weighted by atomic mass is 127. The van der Waals surface area contributed by atoms with Crippen molar-refractivity contribution in [1.29, 1.82) is 0 Å². The maximum absolute atomic E-state index is 3.90. The topological polar surface area (TPSA) is 51.4 Å². The van der Waals surface area contributed by atoms with E-state index in [-0.39, 0.29) is 6.29 Å². The summed E-state index contributed by atoms with van der Waals surface area (Å²) in [4.78, 5) is 0. The summed E-state index contributed by atoms with van der Waals surface area (Å²) in [5.41, 5.74) is 3.61. The van der Waals surface area contributed by atoms with Crippen LogP contribution in [-0.4, -0.2) is 39.6 Å². The van der Waals surface area contributed by atoms with Crippen molar-refractivity contribution in [2.45, 2.75) is 87.0 Å². The van der Waals surface area contributed by atoms with Crippen LogP contribution in [0, 0.1) is 0 Å². The second-order valence-corrected chi connectivity index (χ2v) is 8.26. The van der Waals surface area contributed by atoms with Crippen molar-refractivity contribution in [3.05, 3.63) is 0 Å². The number of hydrazine groups is 1. The van der Waals surface area contributed by atoms with E-state index in [0.29, 0.717) is 24.4 Å². The lowest BCUT2D eigenvalue weighted by atomic mass is 9.94. The summed E-state index contributed by atoms with van der Waals surface area (Å²) >= 11 is 2.60. The third-order valence-electron chi connectivity index (χ3n) is 4.79. The fourth-order valence-corrected chi connectivity index (χ4v) is 4.32. The molecule has 6 heteroatoms. The average molecular weight is 393 g/mol. The highest BCUT2D eigenvalue weighted by Crippen LogP contribution is 2.26. The van der Waals surface area contributed by atoms with E-state index < -0.39 is 0 Å². The highest BCUT2D eigenvalue weighted by molar-refractivity contribution is 14.1. The van der Waals surface area contributed by atoms with Gasteiger partial charge in [-0.1, -0.05) is 29.5 Å². The maximum Gasteiger partial charge on any atom is 0.130 e. The second-order valence-electron chi connectivity index (χ2n) is 6.50. The van der Waals surface area contributed by atoms with Crippen LogP contribution in [0.25, 0.3) is 0 Å². The first-order valence-electron chi connectivity index (χ1n) is 8.12. The molecule has 0 bridgehead atoms. The summed E-state index contributed by atoms with van der Waals surface area (Å²) in [6, 6.07) is 1.25. The molecule has 0 radical (unpaired) electrons. The minimum Gasteiger partial charge on any atom is -0.298 e. The number of rotatable bonds is 3. The van der Waals surface area contributed by atoms with Crippen molar-refractivity contribution < 1.29 is 0 Å². The van der Waals surface area contributed by atoms with Crippen LogP contribution in [0.5, 0.6) is 0 Å². The third-order valence-corrected chi connectivity index (χ3v) is 6.04. The van der Waals surface area contributed by atoms with Gasteiger partial charge in [0.05, 0.1) is 12.3 Å². The fraction of sp³-hybridized carbons (Fsp3) is 1.00. The Morgan fingerprint density at radius 3 is 2.65 bits per heavy atom. The zero-order chi connectivity index (χ0) is 14.1. The van der Waals surface area contributed by atoms with Gasteiger partial charge in [0.1, 0.15) is 6.29 Å². The van der Waals surface area contributed by atoms with Crippen LogP contribution in [0.3, 0.4) is 0 Å². The van der Waals surface area contributed by atoms with Crippen LogP contribution in [0.2, 0.25) is 0 Å². The molecular weight excluding hydrogens is 365 g/mol. The van der Waals surface area contributed by atoms with E-state index in [1.165, 1.54) is 25.7 Å². The molecule has 3 fully saturated rings. The van der Waals surface area contributed by atoms with Crippen molar-refractivity contribution in [3.8, 4) is 0 Å². The van der Waals surface area contributed by atoms with E-state index in [1.807, 2.05) is 0 Å². The van der Waals surface area contributed by atoms with Crippen molar-refractivity contribution >= 4 is 22.6 Å². The normalized spacial score (nSPS) is 46.4. The molecule has 1 saturated carbocycles. The molecule has 2 aliphatic heterocycles. The lowest BCUT2D eigenvalue weighted by molar-refractivity contribution is 0.0102. The lowest BCUT2D eigenvalue weighted by Gasteiger charge is -2.43. The van der Waals surface area contributed by atoms with Gasteiger partial charge in [-0.15, -0.1) is 0 Å². The summed E-state index contributed by atoms with van der Waals surface area (Å²) in [5.74, 6) is 0. The molecule has 4 unspecified atom stereocenters. The molecule has 20 heavy (non-hydrogen) atoms. The number of nitrogens with one attached hydrogen (secondary N) is 4. The van der Waals surface area contributed by atoms with Crippen molar-refractivity contribution in [2.24, 2.45) is 0 Å². The van der Waals surface area contributed by atoms with Gasteiger partial charge in [0.25, 0.3) is 0 Å². The van der Waals surface area contributed by atoms with Crippen LogP contribution < -0.4 is 21.4 Å². The van der Waals surface area contributed by atoms with E-state index in [0.717, 1.165) is 16.8 Å². The van der Waals surface area contributed by atoms with E-state index in [1.54, 1.807) is 0 Å². The number of hydrogen-bond donors (Lipinski definition) is 4. The first-order valence-corrected chi connectivity index (χ1v) is 9.37. The van der Waals surface area contributed by atoms with Gasteiger partial charge in [-0.05, 0) is 45.4 Å². The Labute approximate surface area is 136 Å². The standard InChI is InChI=1S/C14H28IN5/c1-3-12-18-14-16-9(2)8-13(20(14)19-12)17-11-6-4-10(15)5-7-11/h9-14,16-19H,3-8H2,1-2H3. The van der Waals surface area contributed by atoms with Crippen LogP contribution in [0.15, 0.2) is 0 Å². The molecule has 5 nitrogen and oxygen atoms in total. The molecule has 4 atom stereocenters. The zero-order valence-corrected chi connectivity index (χ0v) is 14.7. The van der Waals surface area contributed by atoms with E-state index in [9.17, 15) is 0 Å². The van der Waals surface area contributed by atoms with E-state index in [2.05, 4.69) is 62.8 Å². The minimum absolute atomic E-state index is 0.266. The molecule has 3 rings (SSSR count). The molecule has 2 heterocycles. The van der Waals surface area contributed by atoms with Crippen molar-refractivity contribution in [2.75, 3.05) is 0 Å². The Hall–Kier alpha value is 0.530. The summed E-state index contributed by atoms with van der Waals surface area (Å²) < 4.78 is 0.890. The number of alkyl halides is 1. The van der Waals surface area contributed by atoms with Crippen LogP contribution >= 0.6 is 22.6 Å². The first-order chi connectivity index (χ1) is 9.65. The maximum atomic E-state index is 3.90. The lowest BCUT2D eigenvalue weighted by Crippen LogP contribution is -2.66. The highest BCUT2D eigenvalue weighted by Gasteiger charge is 2.40. The molecule has 3 aliphatic rings. The summed E-state index contributed by atoms with van der Waals surface area (Å²) in [7, 11) is 0. The first kappa shape index (κ1) is 15.4. The van der Waals surface area contributed by atoms with Gasteiger partial charge >= 0.3 is 0 Å². The number of fused-ring (bicyclic) bond motifs is 1. The minimum atomic E-state index is 0.266. The fourth-order valence-electron chi connectivity index (χ4n) is 3.60. The van der Waals surface area contributed by atoms with Gasteiger partial charge in [0.2, 0.25) is 0 Å². The van der Waals surface area contributed by atoms with Crippen LogP contribution in [0.4, 0.5) is 0 Å². The third kappa shape index (κ3) is 3.47. The predicted octanol–water partition coefficient (Wildman–Crippen LogP) is 1.46. The molecule has 2 saturated heterocycles. The molecule has 0 aromatic heterocycles. The Balaban J connectivity index is 1.59. The molecule has 116 valence electrons. The summed E-state index contributed by atoms with van der Waals surface area (Å²) in [6.07, 6.45) is 8.76. The van der Waals surface area contributed by atoms with Crippen LogP contribution in [-0.2, 0) is 0 Å².